The van der Waals surface area contributed by atoms with Crippen molar-refractivity contribution in [3.63, 3.8) is 0 Å². The topological polar surface area (TPSA) is 72.6 Å². The van der Waals surface area contributed by atoms with Crippen molar-refractivity contribution in [1.29, 1.82) is 0 Å². The van der Waals surface area contributed by atoms with Gasteiger partial charge in [0.25, 0.3) is 5.91 Å². The van der Waals surface area contributed by atoms with Crippen molar-refractivity contribution in [2.24, 2.45) is 0 Å². The van der Waals surface area contributed by atoms with Crippen molar-refractivity contribution in [1.82, 2.24) is 24.7 Å². The lowest BCUT2D eigenvalue weighted by atomic mass is 10.0. The van der Waals surface area contributed by atoms with Gasteiger partial charge in [-0.25, -0.2) is 11.0 Å². The zero-order valence-corrected chi connectivity index (χ0v) is 26.5. The number of fused-ring (bicyclic) bond motifs is 2. The highest BCUT2D eigenvalue weighted by atomic mass is 35.5. The highest BCUT2D eigenvalue weighted by Gasteiger charge is 2.36. The molecule has 45 heavy (non-hydrogen) atoms. The molecule has 0 unspecified atom stereocenters. The molecule has 10 nitrogen and oxygen atoms in total. The standard InChI is InChI=1S/C33H38ClFN8O2/c1-22(35)32(44)43-14-13-42(20-24(43)17-36-2)31-26-11-12-41(29-10-6-8-23-7-5-9-27(34)30(23)29)21-28(26)37-33(38-31)45-16-15-40(4)25-18-39(3)19-25/h5-10,24-25H,1,11-21H2,3-4H3/t24-/m0/s1. The van der Waals surface area contributed by atoms with Crippen LogP contribution in [-0.2, 0) is 17.8 Å². The summed E-state index contributed by atoms with van der Waals surface area (Å²) in [5, 5.41) is 2.80. The number of likely N-dealkylation sites (N-methyl/N-ethyl adjacent to an activating group) is 2. The third-order valence-corrected chi connectivity index (χ3v) is 9.43. The Morgan fingerprint density at radius 1 is 1.16 bits per heavy atom. The van der Waals surface area contributed by atoms with E-state index in [9.17, 15) is 9.18 Å². The average molecular weight is 633 g/mol. The highest BCUT2D eigenvalue weighted by molar-refractivity contribution is 6.36. The van der Waals surface area contributed by atoms with Crippen molar-refractivity contribution in [2.45, 2.75) is 25.0 Å². The van der Waals surface area contributed by atoms with Gasteiger partial charge in [0.2, 0.25) is 6.54 Å². The minimum absolute atomic E-state index is 0.0600. The molecule has 0 aliphatic carbocycles. The SMILES string of the molecule is [C-]#[N+]C[C@H]1CN(c2nc(OCCN(C)C3CN(C)C3)nc3c2CCN(c2cccc4cccc(Cl)c24)C3)CCN1C(=O)C(=C)F. The summed E-state index contributed by atoms with van der Waals surface area (Å²) < 4.78 is 20.0. The molecule has 0 spiro atoms. The minimum atomic E-state index is -1.01. The second kappa shape index (κ2) is 13.2. The van der Waals surface area contributed by atoms with Gasteiger partial charge in [0.15, 0.2) is 5.83 Å². The first-order valence-electron chi connectivity index (χ1n) is 15.3. The lowest BCUT2D eigenvalue weighted by molar-refractivity contribution is -0.131. The Hall–Kier alpha value is -3.98. The highest BCUT2D eigenvalue weighted by Crippen LogP contribution is 2.37. The van der Waals surface area contributed by atoms with Crippen LogP contribution in [0.4, 0.5) is 15.9 Å². The molecule has 0 saturated carbocycles. The summed E-state index contributed by atoms with van der Waals surface area (Å²) in [5.41, 5.74) is 2.95. The maximum absolute atomic E-state index is 13.8. The van der Waals surface area contributed by atoms with E-state index < -0.39 is 17.8 Å². The fourth-order valence-corrected chi connectivity index (χ4v) is 6.88. The van der Waals surface area contributed by atoms with Gasteiger partial charge in [0.1, 0.15) is 18.5 Å². The summed E-state index contributed by atoms with van der Waals surface area (Å²) in [7, 11) is 4.23. The van der Waals surface area contributed by atoms with Gasteiger partial charge in [-0.05, 0) is 38.0 Å². The molecule has 1 amide bonds. The predicted octanol–water partition coefficient (Wildman–Crippen LogP) is 3.89. The van der Waals surface area contributed by atoms with Crippen LogP contribution in [0.3, 0.4) is 0 Å². The number of hydrogen-bond donors (Lipinski definition) is 0. The third-order valence-electron chi connectivity index (χ3n) is 9.12. The van der Waals surface area contributed by atoms with E-state index in [1.807, 2.05) is 18.2 Å². The number of anilines is 2. The lowest BCUT2D eigenvalue weighted by Crippen LogP contribution is -2.57. The number of nitrogens with zero attached hydrogens (tertiary/aromatic N) is 8. The number of hydrogen-bond acceptors (Lipinski definition) is 8. The summed E-state index contributed by atoms with van der Waals surface area (Å²) in [6.07, 6.45) is 0.692. The summed E-state index contributed by atoms with van der Waals surface area (Å²) >= 11 is 6.69. The van der Waals surface area contributed by atoms with E-state index in [2.05, 4.69) is 63.3 Å². The second-order valence-electron chi connectivity index (χ2n) is 12.1. The fraction of sp³-hybridized carbons (Fsp3) is 0.455. The number of likely N-dealkylation sites (tertiary alicyclic amines) is 1. The predicted molar refractivity (Wildman–Crippen MR) is 175 cm³/mol. The van der Waals surface area contributed by atoms with Gasteiger partial charge in [0, 0.05) is 68.5 Å². The Labute approximate surface area is 268 Å². The summed E-state index contributed by atoms with van der Waals surface area (Å²) in [5.74, 6) is -1.02. The maximum Gasteiger partial charge on any atom is 0.318 e. The minimum Gasteiger partial charge on any atom is -0.462 e. The van der Waals surface area contributed by atoms with Gasteiger partial charge in [-0.3, -0.25) is 9.69 Å². The molecular formula is C33H38ClFN8O2. The zero-order valence-electron chi connectivity index (χ0n) is 25.8. The Bertz CT molecular complexity index is 1640. The molecule has 2 saturated heterocycles. The van der Waals surface area contributed by atoms with Crippen LogP contribution in [0.15, 0.2) is 48.8 Å². The number of carbonyl (C=O) groups is 1. The summed E-state index contributed by atoms with van der Waals surface area (Å²) in [4.78, 5) is 36.3. The van der Waals surface area contributed by atoms with E-state index in [0.717, 1.165) is 59.7 Å². The molecule has 1 atom stereocenters. The molecule has 3 aliphatic rings. The number of amides is 1. The van der Waals surface area contributed by atoms with Gasteiger partial charge in [-0.15, -0.1) is 0 Å². The Morgan fingerprint density at radius 3 is 2.67 bits per heavy atom. The van der Waals surface area contributed by atoms with Crippen LogP contribution < -0.4 is 14.5 Å². The lowest BCUT2D eigenvalue weighted by Gasteiger charge is -2.42. The van der Waals surface area contributed by atoms with Gasteiger partial charge >= 0.3 is 6.01 Å². The van der Waals surface area contributed by atoms with Crippen molar-refractivity contribution in [3.05, 3.63) is 76.5 Å². The molecule has 1 aromatic heterocycles. The molecule has 3 aliphatic heterocycles. The molecule has 2 aromatic carbocycles. The van der Waals surface area contributed by atoms with Gasteiger partial charge in [-0.1, -0.05) is 42.4 Å². The Kier molecular flexibility index (Phi) is 9.08. The summed E-state index contributed by atoms with van der Waals surface area (Å²) in [6.45, 7) is 16.3. The van der Waals surface area contributed by atoms with E-state index in [1.54, 1.807) is 0 Å². The first kappa shape index (κ1) is 31.0. The first-order chi connectivity index (χ1) is 21.7. The van der Waals surface area contributed by atoms with E-state index in [1.165, 1.54) is 4.90 Å². The van der Waals surface area contributed by atoms with E-state index in [4.69, 9.17) is 32.9 Å². The number of halogens is 2. The number of benzene rings is 2. The average Bonchev–Trinajstić information content (AvgIpc) is 3.02. The molecule has 236 valence electrons. The van der Waals surface area contributed by atoms with Crippen LogP contribution in [-0.4, -0.2) is 116 Å². The molecular weight excluding hydrogens is 595 g/mol. The molecule has 3 aromatic rings. The zero-order chi connectivity index (χ0) is 31.7. The molecule has 6 rings (SSSR count). The monoisotopic (exact) mass is 632 g/mol. The number of piperazine rings is 1. The van der Waals surface area contributed by atoms with E-state index in [-0.39, 0.29) is 13.1 Å². The largest absolute Gasteiger partial charge is 0.462 e. The molecule has 0 radical (unpaired) electrons. The van der Waals surface area contributed by atoms with Crippen LogP contribution in [0.25, 0.3) is 15.6 Å². The van der Waals surface area contributed by atoms with Crippen LogP contribution >= 0.6 is 11.6 Å². The van der Waals surface area contributed by atoms with E-state index in [0.29, 0.717) is 49.7 Å². The maximum atomic E-state index is 13.8. The van der Waals surface area contributed by atoms with Crippen molar-refractivity contribution >= 4 is 39.8 Å². The van der Waals surface area contributed by atoms with Crippen LogP contribution in [0.1, 0.15) is 11.3 Å². The number of rotatable bonds is 9. The second-order valence-corrected chi connectivity index (χ2v) is 12.5. The van der Waals surface area contributed by atoms with Crippen LogP contribution in [0.5, 0.6) is 6.01 Å². The molecule has 0 N–H and O–H groups in total. The Morgan fingerprint density at radius 2 is 1.93 bits per heavy atom. The van der Waals surface area contributed by atoms with Gasteiger partial charge < -0.3 is 29.2 Å². The van der Waals surface area contributed by atoms with Gasteiger partial charge in [0.05, 0.1) is 17.3 Å². The molecule has 12 heteroatoms. The van der Waals surface area contributed by atoms with Crippen molar-refractivity contribution in [2.75, 3.05) is 82.9 Å². The smallest absolute Gasteiger partial charge is 0.318 e. The summed E-state index contributed by atoms with van der Waals surface area (Å²) in [6, 6.07) is 12.5. The first-order valence-corrected chi connectivity index (χ1v) is 15.7. The van der Waals surface area contributed by atoms with E-state index >= 15 is 0 Å². The molecule has 0 bridgehead atoms. The van der Waals surface area contributed by atoms with Crippen LogP contribution in [0.2, 0.25) is 5.02 Å². The van der Waals surface area contributed by atoms with Crippen LogP contribution in [0, 0.1) is 6.57 Å². The molecule has 4 heterocycles. The number of aromatic nitrogens is 2. The Balaban J connectivity index is 1.29. The normalized spacial score (nSPS) is 18.9. The van der Waals surface area contributed by atoms with Crippen molar-refractivity contribution in [3.8, 4) is 6.01 Å². The quantitative estimate of drug-likeness (QED) is 0.260. The number of ether oxygens (including phenoxy) is 1. The van der Waals surface area contributed by atoms with Crippen molar-refractivity contribution < 1.29 is 13.9 Å². The molecule has 2 fully saturated rings. The third kappa shape index (κ3) is 6.41. The van der Waals surface area contributed by atoms with Gasteiger partial charge in [-0.2, -0.15) is 9.97 Å². The number of carbonyl (C=O) groups excluding carboxylic acids is 1. The fourth-order valence-electron chi connectivity index (χ4n) is 6.60.